The van der Waals surface area contributed by atoms with E-state index < -0.39 is 34.4 Å². The monoisotopic (exact) mass is 545 g/mol. The zero-order valence-corrected chi connectivity index (χ0v) is 23.2. The van der Waals surface area contributed by atoms with E-state index in [2.05, 4.69) is 10.6 Å². The van der Waals surface area contributed by atoms with Gasteiger partial charge in [-0.1, -0.05) is 49.7 Å². The smallest absolute Gasteiger partial charge is 0.311 e. The van der Waals surface area contributed by atoms with E-state index in [0.29, 0.717) is 0 Å². The summed E-state index contributed by atoms with van der Waals surface area (Å²) in [6.07, 6.45) is -0.0909. The van der Waals surface area contributed by atoms with Gasteiger partial charge in [-0.3, -0.25) is 19.2 Å². The van der Waals surface area contributed by atoms with Crippen LogP contribution < -0.4 is 10.6 Å². The molecule has 0 radical (unpaired) electrons. The maximum Gasteiger partial charge on any atom is 0.311 e. The highest BCUT2D eigenvalue weighted by atomic mass is 35.5. The van der Waals surface area contributed by atoms with Crippen LogP contribution in [-0.2, 0) is 24.5 Å². The van der Waals surface area contributed by atoms with Crippen LogP contribution in [0.1, 0.15) is 61.5 Å². The average Bonchev–Trinajstić information content (AvgIpc) is 2.84. The quantitative estimate of drug-likeness (QED) is 0.482. The molecule has 0 atom stereocenters. The minimum absolute atomic E-state index is 0.00614. The second-order valence-corrected chi connectivity index (χ2v) is 10.9. The molecule has 10 heteroatoms. The standard InChI is InChI=1S/C28H33ClFN3O5/c1-16(2)17-9-7-8-10-19(17)28(14-33(15-28)23(34)13-27(3,4)26(37)38-6)25(36)32-22-12-21(30)20(29)11-18(22)24(35)31-5/h7-12,16H,13-15H2,1-6H3,(H,31,35)(H,32,36). The van der Waals surface area contributed by atoms with Crippen molar-refractivity contribution in [2.24, 2.45) is 5.41 Å². The number of benzene rings is 2. The number of rotatable bonds is 8. The van der Waals surface area contributed by atoms with Crippen molar-refractivity contribution in [1.29, 1.82) is 0 Å². The summed E-state index contributed by atoms with van der Waals surface area (Å²) < 4.78 is 19.2. The summed E-state index contributed by atoms with van der Waals surface area (Å²) in [6.45, 7) is 7.35. The number of hydrogen-bond acceptors (Lipinski definition) is 5. The topological polar surface area (TPSA) is 105 Å². The number of hydrogen-bond donors (Lipinski definition) is 2. The molecule has 8 nitrogen and oxygen atoms in total. The Morgan fingerprint density at radius 1 is 1.16 bits per heavy atom. The number of carbonyl (C=O) groups excluding carboxylic acids is 4. The van der Waals surface area contributed by atoms with E-state index in [1.807, 2.05) is 38.1 Å². The Balaban J connectivity index is 2.00. The highest BCUT2D eigenvalue weighted by Crippen LogP contribution is 2.41. The van der Waals surface area contributed by atoms with Crippen LogP contribution in [0.2, 0.25) is 5.02 Å². The molecule has 0 aromatic heterocycles. The second-order valence-electron chi connectivity index (χ2n) is 10.5. The van der Waals surface area contributed by atoms with Crippen molar-refractivity contribution < 1.29 is 28.3 Å². The largest absolute Gasteiger partial charge is 0.469 e. The summed E-state index contributed by atoms with van der Waals surface area (Å²) in [7, 11) is 2.68. The van der Waals surface area contributed by atoms with Gasteiger partial charge in [0.2, 0.25) is 11.8 Å². The number of halogens is 2. The molecule has 0 saturated carbocycles. The van der Waals surface area contributed by atoms with Crippen molar-refractivity contribution in [3.8, 4) is 0 Å². The van der Waals surface area contributed by atoms with Gasteiger partial charge >= 0.3 is 5.97 Å². The molecule has 1 fully saturated rings. The Morgan fingerprint density at radius 3 is 2.37 bits per heavy atom. The van der Waals surface area contributed by atoms with Gasteiger partial charge in [-0.25, -0.2) is 4.39 Å². The van der Waals surface area contributed by atoms with Crippen LogP contribution in [0, 0.1) is 11.2 Å². The van der Waals surface area contributed by atoms with E-state index in [9.17, 15) is 23.6 Å². The Kier molecular flexibility index (Phi) is 8.51. The Labute approximate surface area is 226 Å². The number of ether oxygens (including phenoxy) is 1. The van der Waals surface area contributed by atoms with Crippen LogP contribution in [0.5, 0.6) is 0 Å². The van der Waals surface area contributed by atoms with Crippen molar-refractivity contribution in [2.45, 2.75) is 45.4 Å². The van der Waals surface area contributed by atoms with Gasteiger partial charge in [0.1, 0.15) is 11.2 Å². The SMILES string of the molecule is CNC(=O)c1cc(Cl)c(F)cc1NC(=O)C1(c2ccccc2C(C)C)CN(C(=O)CC(C)(C)C(=O)OC)C1. The fourth-order valence-corrected chi connectivity index (χ4v) is 4.87. The van der Waals surface area contributed by atoms with Gasteiger partial charge in [0.25, 0.3) is 5.91 Å². The van der Waals surface area contributed by atoms with E-state index in [-0.39, 0.29) is 47.6 Å². The Bertz CT molecular complexity index is 1270. The van der Waals surface area contributed by atoms with Crippen LogP contribution in [0.25, 0.3) is 0 Å². The van der Waals surface area contributed by atoms with Gasteiger partial charge < -0.3 is 20.3 Å². The summed E-state index contributed by atoms with van der Waals surface area (Å²) in [4.78, 5) is 53.1. The fourth-order valence-electron chi connectivity index (χ4n) is 4.71. The maximum atomic E-state index is 14.4. The lowest BCUT2D eigenvalue weighted by molar-refractivity contribution is -0.157. The maximum absolute atomic E-state index is 14.4. The molecule has 204 valence electrons. The zero-order chi connectivity index (χ0) is 28.4. The predicted octanol–water partition coefficient (Wildman–Crippen LogP) is 4.27. The van der Waals surface area contributed by atoms with Crippen LogP contribution in [0.15, 0.2) is 36.4 Å². The first kappa shape index (κ1) is 29.1. The Hall–Kier alpha value is -3.46. The van der Waals surface area contributed by atoms with Crippen molar-refractivity contribution in [1.82, 2.24) is 10.2 Å². The van der Waals surface area contributed by atoms with Crippen LogP contribution in [0.4, 0.5) is 10.1 Å². The first-order valence-corrected chi connectivity index (χ1v) is 12.6. The first-order chi connectivity index (χ1) is 17.8. The van der Waals surface area contributed by atoms with E-state index >= 15 is 0 Å². The molecule has 3 amide bonds. The molecular formula is C28H33ClFN3O5. The molecule has 1 aliphatic rings. The molecule has 0 aliphatic carbocycles. The number of nitrogens with one attached hydrogen (secondary N) is 2. The number of esters is 1. The van der Waals surface area contributed by atoms with Crippen LogP contribution in [-0.4, -0.2) is 55.8 Å². The fraction of sp³-hybridized carbons (Fsp3) is 0.429. The molecule has 1 aliphatic heterocycles. The van der Waals surface area contributed by atoms with Crippen molar-refractivity contribution in [3.63, 3.8) is 0 Å². The van der Waals surface area contributed by atoms with Gasteiger partial charge in [0.05, 0.1) is 28.8 Å². The number of nitrogens with zero attached hydrogens (tertiary/aromatic N) is 1. The molecule has 0 unspecified atom stereocenters. The van der Waals surface area contributed by atoms with Crippen molar-refractivity contribution in [2.75, 3.05) is 32.6 Å². The van der Waals surface area contributed by atoms with E-state index in [0.717, 1.165) is 23.3 Å². The molecule has 3 rings (SSSR count). The second kappa shape index (κ2) is 11.1. The number of amides is 3. The van der Waals surface area contributed by atoms with E-state index in [4.69, 9.17) is 16.3 Å². The summed E-state index contributed by atoms with van der Waals surface area (Å²) in [5.41, 5.74) is -0.563. The normalized spacial score (nSPS) is 14.5. The number of carbonyl (C=O) groups is 4. The lowest BCUT2D eigenvalue weighted by Crippen LogP contribution is -2.67. The highest BCUT2D eigenvalue weighted by Gasteiger charge is 2.54. The molecular weight excluding hydrogens is 513 g/mol. The zero-order valence-electron chi connectivity index (χ0n) is 22.4. The average molecular weight is 546 g/mol. The minimum atomic E-state index is -1.16. The van der Waals surface area contributed by atoms with Gasteiger partial charge in [0.15, 0.2) is 0 Å². The summed E-state index contributed by atoms with van der Waals surface area (Å²) >= 11 is 5.90. The van der Waals surface area contributed by atoms with Crippen molar-refractivity contribution in [3.05, 3.63) is 63.9 Å². The van der Waals surface area contributed by atoms with E-state index in [1.165, 1.54) is 19.1 Å². The third kappa shape index (κ3) is 5.53. The molecule has 1 heterocycles. The lowest BCUT2D eigenvalue weighted by Gasteiger charge is -2.50. The Morgan fingerprint density at radius 2 is 1.79 bits per heavy atom. The minimum Gasteiger partial charge on any atom is -0.469 e. The summed E-state index contributed by atoms with van der Waals surface area (Å²) in [5, 5.41) is 4.93. The van der Waals surface area contributed by atoms with Crippen LogP contribution >= 0.6 is 11.6 Å². The molecule has 2 aromatic carbocycles. The molecule has 2 N–H and O–H groups in total. The molecule has 38 heavy (non-hydrogen) atoms. The van der Waals surface area contributed by atoms with E-state index in [1.54, 1.807) is 13.8 Å². The first-order valence-electron chi connectivity index (χ1n) is 12.3. The van der Waals surface area contributed by atoms with Gasteiger partial charge in [-0.05, 0) is 43.0 Å². The predicted molar refractivity (Wildman–Crippen MR) is 143 cm³/mol. The summed E-state index contributed by atoms with van der Waals surface area (Å²) in [5.74, 6) is -2.56. The molecule has 0 bridgehead atoms. The number of anilines is 1. The molecule has 2 aromatic rings. The van der Waals surface area contributed by atoms with Gasteiger partial charge in [-0.15, -0.1) is 0 Å². The van der Waals surface area contributed by atoms with Gasteiger partial charge in [-0.2, -0.15) is 0 Å². The van der Waals surface area contributed by atoms with Gasteiger partial charge in [0, 0.05) is 26.6 Å². The number of methoxy groups -OCH3 is 1. The highest BCUT2D eigenvalue weighted by molar-refractivity contribution is 6.31. The lowest BCUT2D eigenvalue weighted by atomic mass is 9.69. The van der Waals surface area contributed by atoms with Crippen LogP contribution in [0.3, 0.4) is 0 Å². The summed E-state index contributed by atoms with van der Waals surface area (Å²) in [6, 6.07) is 9.64. The third-order valence-electron chi connectivity index (χ3n) is 6.92. The third-order valence-corrected chi connectivity index (χ3v) is 7.21. The molecule has 0 spiro atoms. The molecule has 1 saturated heterocycles. The van der Waals surface area contributed by atoms with Crippen molar-refractivity contribution >= 4 is 41.0 Å². The number of likely N-dealkylation sites (tertiary alicyclic amines) is 1.